The number of hydrogen-bond acceptors (Lipinski definition) is 4. The fraction of sp³-hybridized carbons (Fsp3) is 0.286. The van der Waals surface area contributed by atoms with E-state index >= 15 is 0 Å². The SMILES string of the molecule is CC.CC.COc1ccccc1C(=O)Nc1c(OC)cccc1C(=O)NCCc1ccccc1. The normalized spacial score (nSPS) is 9.35. The van der Waals surface area contributed by atoms with E-state index in [1.807, 2.05) is 58.0 Å². The first-order chi connectivity index (χ1) is 16.6. The van der Waals surface area contributed by atoms with Gasteiger partial charge in [0.05, 0.1) is 31.0 Å². The Kier molecular flexibility index (Phi) is 13.2. The average molecular weight is 465 g/mol. The fourth-order valence-electron chi connectivity index (χ4n) is 3.09. The van der Waals surface area contributed by atoms with E-state index in [0.29, 0.717) is 41.3 Å². The Morgan fingerprint density at radius 2 is 1.24 bits per heavy atom. The van der Waals surface area contributed by atoms with Crippen LogP contribution in [0.15, 0.2) is 72.8 Å². The van der Waals surface area contributed by atoms with Crippen LogP contribution in [0.2, 0.25) is 0 Å². The van der Waals surface area contributed by atoms with Crippen molar-refractivity contribution in [3.8, 4) is 11.5 Å². The molecular formula is C28H36N2O4. The van der Waals surface area contributed by atoms with E-state index in [9.17, 15) is 9.59 Å². The van der Waals surface area contributed by atoms with Crippen molar-refractivity contribution < 1.29 is 19.1 Å². The monoisotopic (exact) mass is 464 g/mol. The lowest BCUT2D eigenvalue weighted by Gasteiger charge is -2.16. The summed E-state index contributed by atoms with van der Waals surface area (Å²) in [5, 5.41) is 5.71. The highest BCUT2D eigenvalue weighted by molar-refractivity contribution is 6.11. The number of hydrogen-bond donors (Lipinski definition) is 2. The number of benzene rings is 3. The molecule has 0 radical (unpaired) electrons. The van der Waals surface area contributed by atoms with Gasteiger partial charge in [-0.05, 0) is 36.2 Å². The topological polar surface area (TPSA) is 76.7 Å². The molecule has 0 aliphatic rings. The second-order valence-corrected chi connectivity index (χ2v) is 6.53. The van der Waals surface area contributed by atoms with Crippen LogP contribution in [0, 0.1) is 0 Å². The summed E-state index contributed by atoms with van der Waals surface area (Å²) in [4.78, 5) is 25.7. The van der Waals surface area contributed by atoms with Gasteiger partial charge in [-0.15, -0.1) is 0 Å². The summed E-state index contributed by atoms with van der Waals surface area (Å²) in [6.07, 6.45) is 0.708. The molecule has 0 heterocycles. The molecule has 2 amide bonds. The molecule has 6 nitrogen and oxygen atoms in total. The Balaban J connectivity index is 0.00000137. The summed E-state index contributed by atoms with van der Waals surface area (Å²) in [5.41, 5.74) is 2.13. The zero-order valence-electron chi connectivity index (χ0n) is 21.0. The van der Waals surface area contributed by atoms with Gasteiger partial charge < -0.3 is 20.1 Å². The standard InChI is InChI=1S/C24H24N2O4.2C2H6/c1-29-20-13-7-6-11-18(20)24(28)26-22-19(12-8-14-21(22)30-2)23(27)25-16-15-17-9-4-3-5-10-17;2*1-2/h3-14H,15-16H2,1-2H3,(H,25,27)(H,26,28);2*1-2H3. The number of para-hydroxylation sites is 2. The number of nitrogens with one attached hydrogen (secondary N) is 2. The van der Waals surface area contributed by atoms with Gasteiger partial charge >= 0.3 is 0 Å². The Labute approximate surface area is 203 Å². The van der Waals surface area contributed by atoms with Crippen LogP contribution in [0.5, 0.6) is 11.5 Å². The highest BCUT2D eigenvalue weighted by atomic mass is 16.5. The van der Waals surface area contributed by atoms with E-state index in [4.69, 9.17) is 9.47 Å². The minimum Gasteiger partial charge on any atom is -0.496 e. The van der Waals surface area contributed by atoms with Crippen LogP contribution in [0.25, 0.3) is 0 Å². The molecule has 34 heavy (non-hydrogen) atoms. The Morgan fingerprint density at radius 3 is 1.88 bits per heavy atom. The number of carbonyl (C=O) groups is 2. The molecule has 0 aliphatic heterocycles. The predicted molar refractivity (Wildman–Crippen MR) is 139 cm³/mol. The average Bonchev–Trinajstić information content (AvgIpc) is 2.91. The third kappa shape index (κ3) is 7.96. The molecule has 0 unspecified atom stereocenters. The van der Waals surface area contributed by atoms with E-state index < -0.39 is 5.91 Å². The van der Waals surface area contributed by atoms with Gasteiger partial charge in [0.2, 0.25) is 0 Å². The van der Waals surface area contributed by atoms with E-state index in [1.54, 1.807) is 42.5 Å². The largest absolute Gasteiger partial charge is 0.496 e. The third-order valence-electron chi connectivity index (χ3n) is 4.62. The van der Waals surface area contributed by atoms with Crippen molar-refractivity contribution in [2.75, 3.05) is 26.1 Å². The minimum atomic E-state index is -0.393. The number of ether oxygens (including phenoxy) is 2. The van der Waals surface area contributed by atoms with E-state index in [-0.39, 0.29) is 5.91 Å². The molecule has 0 spiro atoms. The molecule has 0 saturated carbocycles. The van der Waals surface area contributed by atoms with Crippen LogP contribution in [-0.2, 0) is 6.42 Å². The first-order valence-corrected chi connectivity index (χ1v) is 11.6. The smallest absolute Gasteiger partial charge is 0.259 e. The second-order valence-electron chi connectivity index (χ2n) is 6.53. The second kappa shape index (κ2) is 15.9. The number of carbonyl (C=O) groups excluding carboxylic acids is 2. The Morgan fingerprint density at radius 1 is 0.676 bits per heavy atom. The van der Waals surface area contributed by atoms with Crippen molar-refractivity contribution in [1.29, 1.82) is 0 Å². The van der Waals surface area contributed by atoms with Gasteiger partial charge in [0.1, 0.15) is 11.5 Å². The van der Waals surface area contributed by atoms with Gasteiger partial charge in [-0.2, -0.15) is 0 Å². The summed E-state index contributed by atoms with van der Waals surface area (Å²) >= 11 is 0. The van der Waals surface area contributed by atoms with Crippen LogP contribution in [0.1, 0.15) is 54.0 Å². The number of amides is 2. The highest BCUT2D eigenvalue weighted by Crippen LogP contribution is 2.30. The maximum absolute atomic E-state index is 12.9. The molecule has 0 saturated heterocycles. The van der Waals surface area contributed by atoms with Gasteiger partial charge in [-0.25, -0.2) is 0 Å². The van der Waals surface area contributed by atoms with Gasteiger partial charge in [-0.3, -0.25) is 9.59 Å². The first kappa shape index (κ1) is 28.2. The summed E-state index contributed by atoms with van der Waals surface area (Å²) in [5.74, 6) is 0.156. The molecule has 0 aromatic heterocycles. The molecule has 6 heteroatoms. The van der Waals surface area contributed by atoms with Crippen molar-refractivity contribution in [2.24, 2.45) is 0 Å². The summed E-state index contributed by atoms with van der Waals surface area (Å²) in [6.45, 7) is 8.47. The number of anilines is 1. The molecule has 0 aliphatic carbocycles. The van der Waals surface area contributed by atoms with Gasteiger partial charge in [0.25, 0.3) is 11.8 Å². The van der Waals surface area contributed by atoms with E-state index in [1.165, 1.54) is 14.2 Å². The first-order valence-electron chi connectivity index (χ1n) is 11.6. The van der Waals surface area contributed by atoms with E-state index in [2.05, 4.69) is 10.6 Å². The van der Waals surface area contributed by atoms with Crippen molar-refractivity contribution >= 4 is 17.5 Å². The number of methoxy groups -OCH3 is 2. The lowest BCUT2D eigenvalue weighted by Crippen LogP contribution is -2.27. The zero-order chi connectivity index (χ0) is 25.3. The Bertz CT molecular complexity index is 1020. The van der Waals surface area contributed by atoms with Crippen LogP contribution < -0.4 is 20.1 Å². The maximum atomic E-state index is 12.9. The van der Waals surface area contributed by atoms with Crippen molar-refractivity contribution in [2.45, 2.75) is 34.1 Å². The van der Waals surface area contributed by atoms with Crippen molar-refractivity contribution in [3.05, 3.63) is 89.5 Å². The van der Waals surface area contributed by atoms with Crippen LogP contribution in [0.4, 0.5) is 5.69 Å². The van der Waals surface area contributed by atoms with Crippen LogP contribution in [0.3, 0.4) is 0 Å². The van der Waals surface area contributed by atoms with Gasteiger partial charge in [-0.1, -0.05) is 76.2 Å². The zero-order valence-corrected chi connectivity index (χ0v) is 21.0. The molecule has 3 aromatic carbocycles. The molecule has 0 fully saturated rings. The Hall–Kier alpha value is -3.80. The van der Waals surface area contributed by atoms with Crippen LogP contribution in [-0.4, -0.2) is 32.6 Å². The molecule has 0 atom stereocenters. The number of rotatable bonds is 8. The van der Waals surface area contributed by atoms with Crippen molar-refractivity contribution in [1.82, 2.24) is 5.32 Å². The molecule has 2 N–H and O–H groups in total. The maximum Gasteiger partial charge on any atom is 0.259 e. The molecule has 182 valence electrons. The van der Waals surface area contributed by atoms with Gasteiger partial charge in [0.15, 0.2) is 0 Å². The lowest BCUT2D eigenvalue weighted by atomic mass is 10.1. The molecule has 3 aromatic rings. The van der Waals surface area contributed by atoms with Gasteiger partial charge in [0, 0.05) is 6.54 Å². The summed E-state index contributed by atoms with van der Waals surface area (Å²) < 4.78 is 10.6. The molecule has 0 bridgehead atoms. The summed E-state index contributed by atoms with van der Waals surface area (Å²) in [7, 11) is 2.99. The highest BCUT2D eigenvalue weighted by Gasteiger charge is 2.20. The molecule has 3 rings (SSSR count). The van der Waals surface area contributed by atoms with Crippen molar-refractivity contribution in [3.63, 3.8) is 0 Å². The summed E-state index contributed by atoms with van der Waals surface area (Å²) in [6, 6.07) is 21.8. The van der Waals surface area contributed by atoms with E-state index in [0.717, 1.165) is 5.56 Å². The van der Waals surface area contributed by atoms with Crippen LogP contribution >= 0.6 is 0 Å². The quantitative estimate of drug-likeness (QED) is 0.430. The lowest BCUT2D eigenvalue weighted by molar-refractivity contribution is 0.0954. The molecular weight excluding hydrogens is 428 g/mol. The predicted octanol–water partition coefficient (Wildman–Crippen LogP) is 5.98. The third-order valence-corrected chi connectivity index (χ3v) is 4.62. The fourth-order valence-corrected chi connectivity index (χ4v) is 3.09. The minimum absolute atomic E-state index is 0.292.